The summed E-state index contributed by atoms with van der Waals surface area (Å²) in [6.45, 7) is 8.78. The lowest BCUT2D eigenvalue weighted by atomic mass is 9.60. The van der Waals surface area contributed by atoms with E-state index in [1.807, 2.05) is 18.2 Å². The van der Waals surface area contributed by atoms with Crippen LogP contribution in [-0.4, -0.2) is 90.1 Å². The highest BCUT2D eigenvalue weighted by Crippen LogP contribution is 2.63. The third-order valence-corrected chi connectivity index (χ3v) is 11.6. The molecule has 3 aromatic rings. The molecule has 0 radical (unpaired) electrons. The minimum absolute atomic E-state index is 0.116. The monoisotopic (exact) mass is 694 g/mol. The van der Waals surface area contributed by atoms with Gasteiger partial charge in [0.1, 0.15) is 11.9 Å². The second-order valence-electron chi connectivity index (χ2n) is 15.2. The highest BCUT2D eigenvalue weighted by atomic mass is 19.3. The Morgan fingerprint density at radius 3 is 2.34 bits per heavy atom. The van der Waals surface area contributed by atoms with Crippen LogP contribution in [0.15, 0.2) is 66.9 Å². The number of methoxy groups -OCH3 is 1. The number of hydrogen-bond acceptors (Lipinski definition) is 6. The summed E-state index contributed by atoms with van der Waals surface area (Å²) in [5.74, 6) is -3.97. The highest BCUT2D eigenvalue weighted by molar-refractivity contribution is 5.99. The molecule has 4 saturated heterocycles. The number of alkyl halides is 4. The quantitative estimate of drug-likeness (QED) is 0.181. The predicted molar refractivity (Wildman–Crippen MR) is 185 cm³/mol. The molecule has 2 N–H and O–H groups in total. The molecule has 7 nitrogen and oxygen atoms in total. The molecule has 4 heterocycles. The van der Waals surface area contributed by atoms with Crippen molar-refractivity contribution in [1.82, 2.24) is 20.2 Å². The van der Waals surface area contributed by atoms with Gasteiger partial charge in [0, 0.05) is 49.7 Å². The number of hydrogen-bond donors (Lipinski definition) is 2. The van der Waals surface area contributed by atoms with Crippen LogP contribution < -0.4 is 10.2 Å². The minimum Gasteiger partial charge on any atom is -0.496 e. The van der Waals surface area contributed by atoms with Gasteiger partial charge < -0.3 is 9.84 Å². The van der Waals surface area contributed by atoms with Crippen molar-refractivity contribution in [1.29, 1.82) is 0 Å². The Labute approximate surface area is 290 Å². The number of nitrogens with one attached hydrogen (secondary N) is 1. The first-order valence-corrected chi connectivity index (χ1v) is 17.5. The van der Waals surface area contributed by atoms with E-state index in [9.17, 15) is 22.4 Å². The average Bonchev–Trinajstić information content (AvgIpc) is 3.04. The maximum Gasteiger partial charge on any atom is 0.303 e. The molecular formula is C39H46F4N4O3. The van der Waals surface area contributed by atoms with Crippen molar-refractivity contribution < 1.29 is 32.2 Å². The number of ether oxygens (including phenoxy) is 1. The molecule has 5 aliphatic rings. The molecule has 11 heteroatoms. The number of hydrazine groups is 1. The molecule has 5 fully saturated rings. The van der Waals surface area contributed by atoms with Gasteiger partial charge in [-0.15, -0.1) is 0 Å². The predicted octanol–water partition coefficient (Wildman–Crippen LogP) is 7.20. The molecule has 0 amide bonds. The normalized spacial score (nSPS) is 24.0. The fraction of sp³-hybridized carbons (Fsp3) is 0.513. The number of halogens is 4. The molecule has 50 heavy (non-hydrogen) atoms. The third kappa shape index (κ3) is 6.15. The van der Waals surface area contributed by atoms with Crippen LogP contribution in [0.2, 0.25) is 0 Å². The van der Waals surface area contributed by atoms with Crippen molar-refractivity contribution in [3.05, 3.63) is 78.0 Å². The van der Waals surface area contributed by atoms with E-state index in [1.54, 1.807) is 12.0 Å². The van der Waals surface area contributed by atoms with Crippen LogP contribution >= 0.6 is 0 Å². The van der Waals surface area contributed by atoms with Gasteiger partial charge in [0.2, 0.25) is 5.79 Å². The van der Waals surface area contributed by atoms with Gasteiger partial charge in [0.25, 0.3) is 5.92 Å². The highest BCUT2D eigenvalue weighted by Gasteiger charge is 2.73. The molecule has 3 aromatic carbocycles. The van der Waals surface area contributed by atoms with E-state index in [0.717, 1.165) is 78.3 Å². The summed E-state index contributed by atoms with van der Waals surface area (Å²) in [6.07, 6.45) is 2.63. The van der Waals surface area contributed by atoms with Gasteiger partial charge in [0.15, 0.2) is 0 Å². The summed E-state index contributed by atoms with van der Waals surface area (Å²) >= 11 is 0. The number of carboxylic acids is 1. The van der Waals surface area contributed by atoms with Crippen molar-refractivity contribution >= 4 is 16.7 Å². The minimum atomic E-state index is -2.68. The zero-order chi connectivity index (χ0) is 35.5. The molecule has 1 aliphatic carbocycles. The first-order chi connectivity index (χ1) is 23.7. The molecule has 4 aliphatic heterocycles. The topological polar surface area (TPSA) is 68.3 Å². The fourth-order valence-electron chi connectivity index (χ4n) is 9.07. The van der Waals surface area contributed by atoms with Crippen LogP contribution in [0.5, 0.6) is 5.75 Å². The fourth-order valence-corrected chi connectivity index (χ4v) is 9.07. The zero-order valence-corrected chi connectivity index (χ0v) is 28.8. The molecule has 1 unspecified atom stereocenters. The molecule has 0 aromatic heterocycles. The van der Waals surface area contributed by atoms with Gasteiger partial charge in [-0.3, -0.25) is 19.6 Å². The number of piperidine rings is 1. The van der Waals surface area contributed by atoms with E-state index in [0.29, 0.717) is 38.9 Å². The molecule has 268 valence electrons. The van der Waals surface area contributed by atoms with Gasteiger partial charge in [0.05, 0.1) is 25.6 Å². The second kappa shape index (κ2) is 12.8. The van der Waals surface area contributed by atoms with Crippen LogP contribution in [0.25, 0.3) is 21.9 Å². The number of nitrogens with zero attached hydrogens (tertiary/aromatic N) is 3. The lowest BCUT2D eigenvalue weighted by Gasteiger charge is -2.71. The van der Waals surface area contributed by atoms with Crippen molar-refractivity contribution in [3.8, 4) is 16.9 Å². The number of carbonyl (C=O) groups is 1. The van der Waals surface area contributed by atoms with E-state index in [1.165, 1.54) is 10.6 Å². The number of benzene rings is 3. The molecule has 8 rings (SSSR count). The lowest BCUT2D eigenvalue weighted by molar-refractivity contribution is -0.295. The van der Waals surface area contributed by atoms with Gasteiger partial charge in [-0.25, -0.2) is 23.0 Å². The van der Waals surface area contributed by atoms with E-state index < -0.39 is 29.3 Å². The Hall–Kier alpha value is -3.67. The van der Waals surface area contributed by atoms with E-state index in [-0.39, 0.29) is 18.4 Å². The summed E-state index contributed by atoms with van der Waals surface area (Å²) in [7, 11) is 1.69. The van der Waals surface area contributed by atoms with Crippen LogP contribution in [0, 0.1) is 10.8 Å². The second-order valence-corrected chi connectivity index (χ2v) is 15.2. The Morgan fingerprint density at radius 1 is 1.04 bits per heavy atom. The van der Waals surface area contributed by atoms with Crippen molar-refractivity contribution in [3.63, 3.8) is 0 Å². The van der Waals surface area contributed by atoms with Crippen LogP contribution in [0.4, 0.5) is 17.6 Å². The maximum absolute atomic E-state index is 14.6. The standard InChI is InChI=1S/C27H28FNO3.C12H18F3N3/c1-32-25-12-18(15-29-16-27(17-29)13-20(28)14-27)8-10-24(25)23-7-3-5-21-19(9-11-26(30)31)4-2-6-22(21)23;1-9-11(12(15)7-16-18(9)12)3-5-17(6-4-11)8-10(2,13)14/h2-8,10,12,20H,9,11,13-17H2,1H3,(H,30,31);16H,1,3-8H2,2H3. The molecule has 1 atom stereocenters. The first-order valence-electron chi connectivity index (χ1n) is 17.5. The number of likely N-dealkylation sites (tertiary alicyclic amines) is 2. The summed E-state index contributed by atoms with van der Waals surface area (Å²) in [5, 5.41) is 12.7. The molecular weight excluding hydrogens is 648 g/mol. The Balaban J connectivity index is 0.000000184. The van der Waals surface area contributed by atoms with Crippen molar-refractivity contribution in [2.75, 3.05) is 46.4 Å². The summed E-state index contributed by atoms with van der Waals surface area (Å²) < 4.78 is 59.5. The van der Waals surface area contributed by atoms with Crippen LogP contribution in [0.3, 0.4) is 0 Å². The third-order valence-electron chi connectivity index (χ3n) is 11.6. The van der Waals surface area contributed by atoms with Gasteiger partial charge in [-0.2, -0.15) is 0 Å². The molecule has 1 saturated carbocycles. The van der Waals surface area contributed by atoms with E-state index >= 15 is 0 Å². The number of rotatable bonds is 9. The SMILES string of the molecule is C=C1N2NCC2(F)C12CCN(CC(C)(F)F)CC2.COc1cc(CN2CC3(CC(F)C3)C2)ccc1-c1cccc2c(CCC(=O)O)cccc12. The van der Waals surface area contributed by atoms with E-state index in [4.69, 9.17) is 9.84 Å². The number of aryl methyl sites for hydroxylation is 1. The summed E-state index contributed by atoms with van der Waals surface area (Å²) in [4.78, 5) is 15.1. The first kappa shape index (κ1) is 34.8. The Kier molecular flexibility index (Phi) is 8.92. The van der Waals surface area contributed by atoms with Crippen molar-refractivity contribution in [2.24, 2.45) is 10.8 Å². The number of aliphatic carboxylic acids is 1. The molecule has 2 spiro atoms. The Morgan fingerprint density at radius 2 is 1.74 bits per heavy atom. The summed E-state index contributed by atoms with van der Waals surface area (Å²) in [5.41, 5.74) is 7.72. The van der Waals surface area contributed by atoms with Crippen molar-refractivity contribution in [2.45, 2.75) is 69.9 Å². The van der Waals surface area contributed by atoms with Gasteiger partial charge in [-0.05, 0) is 78.7 Å². The largest absolute Gasteiger partial charge is 0.496 e. The van der Waals surface area contributed by atoms with Gasteiger partial charge in [-0.1, -0.05) is 55.1 Å². The molecule has 0 bridgehead atoms. The number of carboxylic acid groups (broad SMARTS) is 1. The van der Waals surface area contributed by atoms with Crippen LogP contribution in [0.1, 0.15) is 50.2 Å². The Bertz CT molecular complexity index is 1770. The number of fused-ring (bicyclic) bond motifs is 3. The van der Waals surface area contributed by atoms with Gasteiger partial charge >= 0.3 is 5.97 Å². The van der Waals surface area contributed by atoms with E-state index in [2.05, 4.69) is 53.3 Å². The summed E-state index contributed by atoms with van der Waals surface area (Å²) in [6, 6.07) is 18.6. The zero-order valence-electron chi connectivity index (χ0n) is 28.8. The lowest BCUT2D eigenvalue weighted by Crippen LogP contribution is -2.86. The van der Waals surface area contributed by atoms with Crippen LogP contribution in [-0.2, 0) is 17.8 Å². The maximum atomic E-state index is 14.6. The smallest absolute Gasteiger partial charge is 0.303 e. The average molecular weight is 695 g/mol.